The van der Waals surface area contributed by atoms with Crippen molar-refractivity contribution in [3.05, 3.63) is 23.8 Å². The molecule has 1 aliphatic rings. The molecule has 0 bridgehead atoms. The van der Waals surface area contributed by atoms with Gasteiger partial charge in [0, 0.05) is 0 Å². The van der Waals surface area contributed by atoms with Crippen LogP contribution in [0.1, 0.15) is 36.0 Å². The summed E-state index contributed by atoms with van der Waals surface area (Å²) in [5.41, 5.74) is 0.209. The van der Waals surface area contributed by atoms with E-state index in [1.165, 1.54) is 32.1 Å². The number of benzene rings is 1. The normalized spacial score (nSPS) is 15.8. The monoisotopic (exact) mass is 236 g/mol. The SMILES string of the molecule is COc1cc(C(=O)O)ccc1OC1CCCC1. The molecule has 17 heavy (non-hydrogen) atoms. The van der Waals surface area contributed by atoms with Gasteiger partial charge in [-0.15, -0.1) is 0 Å². The van der Waals surface area contributed by atoms with Gasteiger partial charge in [-0.25, -0.2) is 4.79 Å². The number of carboxylic acids is 1. The number of hydrogen-bond donors (Lipinski definition) is 1. The third-order valence-electron chi connectivity index (χ3n) is 3.01. The minimum atomic E-state index is -0.962. The molecule has 0 spiro atoms. The maximum Gasteiger partial charge on any atom is 0.335 e. The van der Waals surface area contributed by atoms with Gasteiger partial charge in [0.15, 0.2) is 11.5 Å². The Morgan fingerprint density at radius 2 is 2.00 bits per heavy atom. The second kappa shape index (κ2) is 5.08. The minimum Gasteiger partial charge on any atom is -0.493 e. The summed E-state index contributed by atoms with van der Waals surface area (Å²) in [6.45, 7) is 0. The second-order valence-corrected chi connectivity index (χ2v) is 4.20. The summed E-state index contributed by atoms with van der Waals surface area (Å²) in [7, 11) is 1.52. The first-order valence-electron chi connectivity index (χ1n) is 5.78. The minimum absolute atomic E-state index is 0.209. The zero-order valence-electron chi connectivity index (χ0n) is 9.81. The van der Waals surface area contributed by atoms with Crippen LogP contribution in [0.15, 0.2) is 18.2 Å². The molecular weight excluding hydrogens is 220 g/mol. The van der Waals surface area contributed by atoms with E-state index in [-0.39, 0.29) is 11.7 Å². The summed E-state index contributed by atoms with van der Waals surface area (Å²) in [5.74, 6) is 0.150. The molecule has 0 aliphatic heterocycles. The van der Waals surface area contributed by atoms with Crippen molar-refractivity contribution in [2.75, 3.05) is 7.11 Å². The van der Waals surface area contributed by atoms with Crippen molar-refractivity contribution in [1.82, 2.24) is 0 Å². The van der Waals surface area contributed by atoms with E-state index in [0.717, 1.165) is 12.8 Å². The highest BCUT2D eigenvalue weighted by Gasteiger charge is 2.19. The zero-order chi connectivity index (χ0) is 12.3. The Balaban J connectivity index is 2.18. The van der Waals surface area contributed by atoms with E-state index in [2.05, 4.69) is 0 Å². The van der Waals surface area contributed by atoms with Crippen molar-refractivity contribution in [2.45, 2.75) is 31.8 Å². The van der Waals surface area contributed by atoms with Crippen molar-refractivity contribution in [3.8, 4) is 11.5 Å². The summed E-state index contributed by atoms with van der Waals surface area (Å²) in [6.07, 6.45) is 4.74. The Morgan fingerprint density at radius 3 is 2.59 bits per heavy atom. The third-order valence-corrected chi connectivity index (χ3v) is 3.01. The third kappa shape index (κ3) is 2.70. The first-order chi connectivity index (χ1) is 8.20. The van der Waals surface area contributed by atoms with Crippen LogP contribution in [0.3, 0.4) is 0 Å². The van der Waals surface area contributed by atoms with Crippen molar-refractivity contribution < 1.29 is 19.4 Å². The molecule has 0 radical (unpaired) electrons. The molecule has 2 rings (SSSR count). The number of methoxy groups -OCH3 is 1. The van der Waals surface area contributed by atoms with Crippen LogP contribution in [0.4, 0.5) is 0 Å². The smallest absolute Gasteiger partial charge is 0.335 e. The van der Waals surface area contributed by atoms with E-state index < -0.39 is 5.97 Å². The van der Waals surface area contributed by atoms with Gasteiger partial charge in [-0.05, 0) is 43.9 Å². The van der Waals surface area contributed by atoms with Gasteiger partial charge in [-0.2, -0.15) is 0 Å². The van der Waals surface area contributed by atoms with E-state index >= 15 is 0 Å². The van der Waals surface area contributed by atoms with Gasteiger partial charge in [0.25, 0.3) is 0 Å². The maximum absolute atomic E-state index is 10.8. The van der Waals surface area contributed by atoms with Crippen LogP contribution in [-0.4, -0.2) is 24.3 Å². The van der Waals surface area contributed by atoms with Gasteiger partial charge in [0.2, 0.25) is 0 Å². The summed E-state index contributed by atoms with van der Waals surface area (Å²) >= 11 is 0. The Hall–Kier alpha value is -1.71. The first kappa shape index (κ1) is 11.8. The Morgan fingerprint density at radius 1 is 1.29 bits per heavy atom. The van der Waals surface area contributed by atoms with Gasteiger partial charge < -0.3 is 14.6 Å². The van der Waals surface area contributed by atoms with Gasteiger partial charge in [0.1, 0.15) is 0 Å². The first-order valence-corrected chi connectivity index (χ1v) is 5.78. The number of aromatic carboxylic acids is 1. The van der Waals surface area contributed by atoms with Crippen LogP contribution in [-0.2, 0) is 0 Å². The Kier molecular flexibility index (Phi) is 3.52. The van der Waals surface area contributed by atoms with E-state index in [1.807, 2.05) is 0 Å². The number of hydrogen-bond acceptors (Lipinski definition) is 3. The molecule has 0 aromatic heterocycles. The maximum atomic E-state index is 10.8. The average molecular weight is 236 g/mol. The summed E-state index contributed by atoms with van der Waals surface area (Å²) < 4.78 is 11.0. The number of carbonyl (C=O) groups is 1. The molecule has 4 heteroatoms. The zero-order valence-corrected chi connectivity index (χ0v) is 9.81. The van der Waals surface area contributed by atoms with E-state index in [0.29, 0.717) is 11.5 Å². The standard InChI is InChI=1S/C13H16O4/c1-16-12-8-9(13(14)15)6-7-11(12)17-10-4-2-3-5-10/h6-8,10H,2-5H2,1H3,(H,14,15). The number of rotatable bonds is 4. The largest absolute Gasteiger partial charge is 0.493 e. The van der Waals surface area contributed by atoms with Crippen molar-refractivity contribution in [1.29, 1.82) is 0 Å². The highest BCUT2D eigenvalue weighted by molar-refractivity contribution is 5.88. The van der Waals surface area contributed by atoms with Crippen LogP contribution >= 0.6 is 0 Å². The molecule has 1 aliphatic carbocycles. The second-order valence-electron chi connectivity index (χ2n) is 4.20. The van der Waals surface area contributed by atoms with Crippen LogP contribution in [0.2, 0.25) is 0 Å². The van der Waals surface area contributed by atoms with Crippen LogP contribution in [0.5, 0.6) is 11.5 Å². The topological polar surface area (TPSA) is 55.8 Å². The lowest BCUT2D eigenvalue weighted by Crippen LogP contribution is -2.11. The van der Waals surface area contributed by atoms with Crippen LogP contribution in [0, 0.1) is 0 Å². The van der Waals surface area contributed by atoms with E-state index in [1.54, 1.807) is 6.07 Å². The molecule has 0 saturated heterocycles. The predicted octanol–water partition coefficient (Wildman–Crippen LogP) is 2.71. The lowest BCUT2D eigenvalue weighted by molar-refractivity contribution is 0.0696. The fourth-order valence-electron chi connectivity index (χ4n) is 2.08. The van der Waals surface area contributed by atoms with Gasteiger partial charge in [-0.1, -0.05) is 0 Å². The van der Waals surface area contributed by atoms with Gasteiger partial charge in [0.05, 0.1) is 18.8 Å². The highest BCUT2D eigenvalue weighted by atomic mass is 16.5. The molecule has 1 fully saturated rings. The molecule has 92 valence electrons. The lowest BCUT2D eigenvalue weighted by atomic mass is 10.2. The van der Waals surface area contributed by atoms with Crippen LogP contribution in [0.25, 0.3) is 0 Å². The van der Waals surface area contributed by atoms with E-state index in [9.17, 15) is 4.79 Å². The summed E-state index contributed by atoms with van der Waals surface area (Å²) in [6, 6.07) is 4.70. The average Bonchev–Trinajstić information content (AvgIpc) is 2.82. The molecule has 4 nitrogen and oxygen atoms in total. The molecule has 0 atom stereocenters. The van der Waals surface area contributed by atoms with Gasteiger partial charge >= 0.3 is 5.97 Å². The Labute approximate surface area is 100 Å². The summed E-state index contributed by atoms with van der Waals surface area (Å²) in [4.78, 5) is 10.8. The highest BCUT2D eigenvalue weighted by Crippen LogP contribution is 2.32. The fourth-order valence-corrected chi connectivity index (χ4v) is 2.08. The number of carboxylic acid groups (broad SMARTS) is 1. The van der Waals surface area contributed by atoms with Crippen molar-refractivity contribution in [2.24, 2.45) is 0 Å². The molecule has 1 N–H and O–H groups in total. The van der Waals surface area contributed by atoms with Crippen molar-refractivity contribution >= 4 is 5.97 Å². The summed E-state index contributed by atoms with van der Waals surface area (Å²) in [5, 5.41) is 8.88. The molecule has 1 aromatic rings. The quantitative estimate of drug-likeness (QED) is 0.873. The van der Waals surface area contributed by atoms with Crippen LogP contribution < -0.4 is 9.47 Å². The molecule has 0 unspecified atom stereocenters. The number of ether oxygens (including phenoxy) is 2. The predicted molar refractivity (Wildman–Crippen MR) is 62.8 cm³/mol. The molecule has 1 saturated carbocycles. The van der Waals surface area contributed by atoms with Gasteiger partial charge in [-0.3, -0.25) is 0 Å². The Bertz CT molecular complexity index is 408. The molecule has 0 heterocycles. The van der Waals surface area contributed by atoms with E-state index in [4.69, 9.17) is 14.6 Å². The lowest BCUT2D eigenvalue weighted by Gasteiger charge is -2.16. The fraction of sp³-hybridized carbons (Fsp3) is 0.462. The van der Waals surface area contributed by atoms with Crippen molar-refractivity contribution in [3.63, 3.8) is 0 Å². The molecular formula is C13H16O4. The molecule has 0 amide bonds. The molecule has 1 aromatic carbocycles.